The maximum Gasteiger partial charge on any atom is 0.408 e. The van der Waals surface area contributed by atoms with Gasteiger partial charge in [0.2, 0.25) is 5.95 Å². The van der Waals surface area contributed by atoms with Crippen LogP contribution in [-0.2, 0) is 11.2 Å². The number of rotatable bonds is 4. The Hall–Kier alpha value is -1.89. The molecule has 0 unspecified atom stereocenters. The lowest BCUT2D eigenvalue weighted by molar-refractivity contribution is 0.0436. The number of aryl methyl sites for hydroxylation is 1. The van der Waals surface area contributed by atoms with E-state index in [0.29, 0.717) is 12.0 Å². The lowest BCUT2D eigenvalue weighted by atomic mass is 9.81. The largest absolute Gasteiger partial charge is 0.444 e. The number of alkyl carbamates (subject to hydrolysis) is 1. The van der Waals surface area contributed by atoms with E-state index in [-0.39, 0.29) is 11.6 Å². The second-order valence-electron chi connectivity index (χ2n) is 9.16. The third kappa shape index (κ3) is 5.81. The number of nitrogens with zero attached hydrogens (tertiary/aromatic N) is 2. The van der Waals surface area contributed by atoms with E-state index >= 15 is 0 Å². The molecule has 1 aromatic carbocycles. The molecule has 1 heterocycles. The van der Waals surface area contributed by atoms with Crippen LogP contribution in [0.3, 0.4) is 0 Å². The Morgan fingerprint density at radius 3 is 2.62 bits per heavy atom. The summed E-state index contributed by atoms with van der Waals surface area (Å²) in [5, 5.41) is 7.59. The molecular weight excluding hydrogens is 432 g/mol. The average Bonchev–Trinajstić information content (AvgIpc) is 2.61. The first kappa shape index (κ1) is 21.8. The van der Waals surface area contributed by atoms with Gasteiger partial charge in [0.1, 0.15) is 5.60 Å². The first-order valence-corrected chi connectivity index (χ1v) is 11.1. The van der Waals surface area contributed by atoms with Crippen LogP contribution in [0, 0.1) is 0 Å². The highest BCUT2D eigenvalue weighted by molar-refractivity contribution is 9.10. The van der Waals surface area contributed by atoms with Gasteiger partial charge in [-0.25, -0.2) is 14.8 Å². The molecule has 29 heavy (non-hydrogen) atoms. The number of anilines is 1. The molecule has 6 nitrogen and oxygen atoms in total. The fourth-order valence-corrected chi connectivity index (χ4v) is 4.30. The Labute approximate surface area is 181 Å². The summed E-state index contributed by atoms with van der Waals surface area (Å²) in [4.78, 5) is 21.4. The molecule has 158 valence electrons. The summed E-state index contributed by atoms with van der Waals surface area (Å²) < 4.78 is 6.46. The number of halogens is 1. The van der Waals surface area contributed by atoms with Crippen molar-refractivity contribution in [3.8, 4) is 0 Å². The smallest absolute Gasteiger partial charge is 0.408 e. The van der Waals surface area contributed by atoms with Gasteiger partial charge in [-0.2, -0.15) is 0 Å². The lowest BCUT2D eigenvalue weighted by Gasteiger charge is -2.38. The zero-order chi connectivity index (χ0) is 21.2. The third-order valence-corrected chi connectivity index (χ3v) is 5.79. The molecule has 0 spiro atoms. The molecule has 0 aliphatic heterocycles. The highest BCUT2D eigenvalue weighted by atomic mass is 79.9. The predicted octanol–water partition coefficient (Wildman–Crippen LogP) is 5.59. The summed E-state index contributed by atoms with van der Waals surface area (Å²) in [6, 6.07) is 4.46. The van der Waals surface area contributed by atoms with E-state index in [1.807, 2.05) is 33.0 Å². The van der Waals surface area contributed by atoms with Crippen molar-refractivity contribution in [1.82, 2.24) is 15.3 Å². The van der Waals surface area contributed by atoms with E-state index in [2.05, 4.69) is 51.5 Å². The van der Waals surface area contributed by atoms with Crippen molar-refractivity contribution in [2.75, 3.05) is 5.32 Å². The Morgan fingerprint density at radius 2 is 2.00 bits per heavy atom. The third-order valence-electron chi connectivity index (χ3n) is 5.33. The molecule has 3 rings (SSSR count). The molecule has 1 amide bonds. The van der Waals surface area contributed by atoms with Gasteiger partial charge in [-0.1, -0.05) is 22.9 Å². The summed E-state index contributed by atoms with van der Waals surface area (Å²) in [5.74, 6) is 0.670. The fraction of sp³-hybridized carbons (Fsp3) is 0.591. The number of amides is 1. The van der Waals surface area contributed by atoms with Crippen LogP contribution in [0.5, 0.6) is 0 Å². The Bertz CT molecular complexity index is 886. The van der Waals surface area contributed by atoms with E-state index in [0.717, 1.165) is 47.5 Å². The molecule has 2 aromatic rings. The van der Waals surface area contributed by atoms with Crippen LogP contribution in [0.15, 0.2) is 22.8 Å². The van der Waals surface area contributed by atoms with Crippen molar-refractivity contribution in [2.24, 2.45) is 0 Å². The summed E-state index contributed by atoms with van der Waals surface area (Å²) in [6.07, 6.45) is 6.09. The van der Waals surface area contributed by atoms with E-state index in [4.69, 9.17) is 9.72 Å². The molecule has 0 bridgehead atoms. The van der Waals surface area contributed by atoms with E-state index in [1.54, 1.807) is 0 Å². The number of hydrogen-bond donors (Lipinski definition) is 2. The van der Waals surface area contributed by atoms with Crippen LogP contribution in [-0.4, -0.2) is 33.2 Å². The van der Waals surface area contributed by atoms with Gasteiger partial charge in [0.25, 0.3) is 0 Å². The number of hydrogen-bond acceptors (Lipinski definition) is 5. The van der Waals surface area contributed by atoms with Gasteiger partial charge in [-0.15, -0.1) is 0 Å². The molecule has 2 N–H and O–H groups in total. The van der Waals surface area contributed by atoms with Crippen LogP contribution in [0.4, 0.5) is 10.7 Å². The van der Waals surface area contributed by atoms with Crippen molar-refractivity contribution >= 4 is 38.9 Å². The quantitative estimate of drug-likeness (QED) is 0.618. The number of nitrogens with one attached hydrogen (secondary N) is 2. The molecule has 7 heteroatoms. The topological polar surface area (TPSA) is 76.1 Å². The standard InChI is InChI=1S/C22H31BrN4O2/c1-6-14-11-16(23)12-15-13-24-19(26-18(14)15)25-17-7-9-22(5,10-8-17)27-20(28)29-21(2,3)4/h11-13,17H,6-10H2,1-5H3,(H,27,28)(H,24,25,26). The first-order chi connectivity index (χ1) is 13.6. The number of fused-ring (bicyclic) bond motifs is 1. The maximum absolute atomic E-state index is 12.1. The molecular formula is C22H31BrN4O2. The highest BCUT2D eigenvalue weighted by Gasteiger charge is 2.34. The van der Waals surface area contributed by atoms with E-state index in [1.165, 1.54) is 5.56 Å². The first-order valence-electron chi connectivity index (χ1n) is 10.3. The van der Waals surface area contributed by atoms with Crippen molar-refractivity contribution in [2.45, 2.75) is 83.9 Å². The SMILES string of the molecule is CCc1cc(Br)cc2cnc(NC3CCC(C)(NC(=O)OC(C)(C)C)CC3)nc12. The average molecular weight is 463 g/mol. The minimum Gasteiger partial charge on any atom is -0.444 e. The van der Waals surface area contributed by atoms with Crippen molar-refractivity contribution in [3.05, 3.63) is 28.4 Å². The number of ether oxygens (including phenoxy) is 1. The summed E-state index contributed by atoms with van der Waals surface area (Å²) in [5.41, 5.74) is 1.48. The van der Waals surface area contributed by atoms with Gasteiger partial charge in [0, 0.05) is 27.6 Å². The van der Waals surface area contributed by atoms with Crippen molar-refractivity contribution in [3.63, 3.8) is 0 Å². The van der Waals surface area contributed by atoms with E-state index < -0.39 is 5.60 Å². The van der Waals surface area contributed by atoms with Gasteiger partial charge in [-0.3, -0.25) is 0 Å². The fourth-order valence-electron chi connectivity index (χ4n) is 3.77. The van der Waals surface area contributed by atoms with Gasteiger partial charge >= 0.3 is 6.09 Å². The van der Waals surface area contributed by atoms with Gasteiger partial charge in [0.15, 0.2) is 0 Å². The lowest BCUT2D eigenvalue weighted by Crippen LogP contribution is -2.51. The van der Waals surface area contributed by atoms with Gasteiger partial charge < -0.3 is 15.4 Å². The predicted molar refractivity (Wildman–Crippen MR) is 120 cm³/mol. The van der Waals surface area contributed by atoms with Gasteiger partial charge in [-0.05, 0) is 77.5 Å². The van der Waals surface area contributed by atoms with Gasteiger partial charge in [0.05, 0.1) is 5.52 Å². The number of carbonyl (C=O) groups is 1. The summed E-state index contributed by atoms with van der Waals surface area (Å²) in [7, 11) is 0. The number of aromatic nitrogens is 2. The molecule has 1 aliphatic carbocycles. The molecule has 1 saturated carbocycles. The van der Waals surface area contributed by atoms with Crippen LogP contribution >= 0.6 is 15.9 Å². The Morgan fingerprint density at radius 1 is 1.31 bits per heavy atom. The van der Waals surface area contributed by atoms with E-state index in [9.17, 15) is 4.79 Å². The van der Waals surface area contributed by atoms with Crippen LogP contribution in [0.25, 0.3) is 10.9 Å². The molecule has 0 atom stereocenters. The summed E-state index contributed by atoms with van der Waals surface area (Å²) in [6.45, 7) is 9.85. The zero-order valence-electron chi connectivity index (χ0n) is 17.9. The second kappa shape index (κ2) is 8.46. The normalized spacial score (nSPS) is 22.3. The van der Waals surface area contributed by atoms with Crippen LogP contribution < -0.4 is 10.6 Å². The molecule has 1 fully saturated rings. The minimum atomic E-state index is -0.487. The van der Waals surface area contributed by atoms with Crippen molar-refractivity contribution in [1.29, 1.82) is 0 Å². The number of benzene rings is 1. The Balaban J connectivity index is 1.62. The Kier molecular flexibility index (Phi) is 6.36. The highest BCUT2D eigenvalue weighted by Crippen LogP contribution is 2.30. The minimum absolute atomic E-state index is 0.244. The second-order valence-corrected chi connectivity index (χ2v) is 10.1. The molecule has 0 saturated heterocycles. The van der Waals surface area contributed by atoms with Crippen molar-refractivity contribution < 1.29 is 9.53 Å². The molecule has 1 aromatic heterocycles. The zero-order valence-corrected chi connectivity index (χ0v) is 19.5. The monoisotopic (exact) mass is 462 g/mol. The summed E-state index contributed by atoms with van der Waals surface area (Å²) >= 11 is 3.56. The molecule has 1 aliphatic rings. The maximum atomic E-state index is 12.1. The number of carbonyl (C=O) groups excluding carboxylic acids is 1. The molecule has 0 radical (unpaired) electrons. The van der Waals surface area contributed by atoms with Crippen LogP contribution in [0.1, 0.15) is 65.9 Å². The van der Waals surface area contributed by atoms with Crippen LogP contribution in [0.2, 0.25) is 0 Å².